The molecule has 8 heteroatoms. The highest BCUT2D eigenvalue weighted by atomic mass is 32.2. The predicted molar refractivity (Wildman–Crippen MR) is 139 cm³/mol. The molecule has 0 aliphatic rings. The molecule has 0 aromatic heterocycles. The topological polar surface area (TPSA) is 84.9 Å². The largest absolute Gasteiger partial charge is 0.496 e. The average molecular weight is 503 g/mol. The van der Waals surface area contributed by atoms with Crippen molar-refractivity contribution in [3.63, 3.8) is 0 Å². The maximum Gasteiger partial charge on any atom is 0.264 e. The molecule has 0 radical (unpaired) electrons. The van der Waals surface area contributed by atoms with Gasteiger partial charge < -0.3 is 14.8 Å². The lowest BCUT2D eigenvalue weighted by molar-refractivity contribution is -0.119. The van der Waals surface area contributed by atoms with E-state index in [2.05, 4.69) is 5.32 Å². The smallest absolute Gasteiger partial charge is 0.264 e. The van der Waals surface area contributed by atoms with E-state index in [0.717, 1.165) is 9.87 Å². The minimum absolute atomic E-state index is 0.0899. The monoisotopic (exact) mass is 502 g/mol. The number of carbonyl (C=O) groups excluding carboxylic acids is 1. The molecule has 4 rings (SSSR count). The van der Waals surface area contributed by atoms with Gasteiger partial charge in [-0.2, -0.15) is 0 Å². The number of hydrogen-bond donors (Lipinski definition) is 1. The Kier molecular flexibility index (Phi) is 7.87. The summed E-state index contributed by atoms with van der Waals surface area (Å²) in [6.45, 7) is -0.197. The SMILES string of the molecule is COc1ccccc1CNC(=O)CN(c1ccc(Oc2ccccc2)cc1)S(=O)(=O)c1ccccc1. The van der Waals surface area contributed by atoms with E-state index in [1.807, 2.05) is 48.5 Å². The molecule has 0 unspecified atom stereocenters. The molecule has 0 aliphatic carbocycles. The minimum atomic E-state index is -4.01. The van der Waals surface area contributed by atoms with Gasteiger partial charge in [-0.25, -0.2) is 8.42 Å². The summed E-state index contributed by atoms with van der Waals surface area (Å²) in [5.74, 6) is 1.39. The van der Waals surface area contributed by atoms with Gasteiger partial charge in [0.25, 0.3) is 10.0 Å². The standard InChI is InChI=1S/C28H26N2O5S/c1-34-27-15-9-8-10-22(27)20-29-28(31)21-30(36(32,33)26-13-6-3-7-14-26)23-16-18-25(19-17-23)35-24-11-4-2-5-12-24/h2-19H,20-21H2,1H3,(H,29,31). The molecule has 4 aromatic carbocycles. The summed E-state index contributed by atoms with van der Waals surface area (Å²) in [6, 6.07) is 31.2. The van der Waals surface area contributed by atoms with Gasteiger partial charge in [-0.1, -0.05) is 54.6 Å². The Labute approximate surface area is 211 Å². The van der Waals surface area contributed by atoms with Crippen LogP contribution in [0.2, 0.25) is 0 Å². The summed E-state index contributed by atoms with van der Waals surface area (Å²) in [5, 5.41) is 2.79. The quantitative estimate of drug-likeness (QED) is 0.330. The van der Waals surface area contributed by atoms with E-state index in [9.17, 15) is 13.2 Å². The third-order valence-electron chi connectivity index (χ3n) is 5.39. The lowest BCUT2D eigenvalue weighted by atomic mass is 10.2. The number of rotatable bonds is 10. The first kappa shape index (κ1) is 24.8. The zero-order valence-corrected chi connectivity index (χ0v) is 20.5. The second kappa shape index (κ2) is 11.4. The van der Waals surface area contributed by atoms with Crippen LogP contribution in [0.25, 0.3) is 0 Å². The first-order valence-corrected chi connectivity index (χ1v) is 12.7. The molecule has 0 spiro atoms. The lowest BCUT2D eigenvalue weighted by Crippen LogP contribution is -2.40. The summed E-state index contributed by atoms with van der Waals surface area (Å²) in [4.78, 5) is 13.0. The Balaban J connectivity index is 1.56. The molecule has 0 aliphatic heterocycles. The molecular weight excluding hydrogens is 476 g/mol. The summed E-state index contributed by atoms with van der Waals surface area (Å²) < 4.78 is 39.3. The van der Waals surface area contributed by atoms with Crippen LogP contribution in [0.3, 0.4) is 0 Å². The molecule has 4 aromatic rings. The van der Waals surface area contributed by atoms with Gasteiger partial charge in [-0.3, -0.25) is 9.10 Å². The third-order valence-corrected chi connectivity index (χ3v) is 7.18. The number of benzene rings is 4. The first-order valence-electron chi connectivity index (χ1n) is 11.3. The van der Waals surface area contributed by atoms with Gasteiger partial charge in [-0.15, -0.1) is 0 Å². The fraction of sp³-hybridized carbons (Fsp3) is 0.107. The van der Waals surface area contributed by atoms with Crippen molar-refractivity contribution in [3.8, 4) is 17.2 Å². The lowest BCUT2D eigenvalue weighted by Gasteiger charge is -2.24. The van der Waals surface area contributed by atoms with Crippen LogP contribution in [-0.2, 0) is 21.4 Å². The molecule has 0 bridgehead atoms. The summed E-state index contributed by atoms with van der Waals surface area (Å²) in [5.41, 5.74) is 1.12. The Morgan fingerprint density at radius 3 is 2.03 bits per heavy atom. The van der Waals surface area contributed by atoms with Crippen molar-refractivity contribution in [2.24, 2.45) is 0 Å². The van der Waals surface area contributed by atoms with Gasteiger partial charge in [-0.05, 0) is 54.6 Å². The first-order chi connectivity index (χ1) is 17.5. The molecule has 0 atom stereocenters. The van der Waals surface area contributed by atoms with Crippen molar-refractivity contribution < 1.29 is 22.7 Å². The maximum atomic E-state index is 13.5. The highest BCUT2D eigenvalue weighted by Crippen LogP contribution is 2.28. The van der Waals surface area contributed by atoms with Crippen molar-refractivity contribution in [1.82, 2.24) is 5.32 Å². The molecule has 1 N–H and O–H groups in total. The Hall–Kier alpha value is -4.30. The summed E-state index contributed by atoms with van der Waals surface area (Å²) >= 11 is 0. The van der Waals surface area contributed by atoms with Gasteiger partial charge in [0, 0.05) is 12.1 Å². The number of hydrogen-bond acceptors (Lipinski definition) is 5. The number of nitrogens with zero attached hydrogens (tertiary/aromatic N) is 1. The highest BCUT2D eigenvalue weighted by Gasteiger charge is 2.27. The molecular formula is C28H26N2O5S. The number of para-hydroxylation sites is 2. The van der Waals surface area contributed by atoms with Crippen LogP contribution in [0.4, 0.5) is 5.69 Å². The molecule has 0 fully saturated rings. The molecule has 36 heavy (non-hydrogen) atoms. The van der Waals surface area contributed by atoms with Crippen molar-refractivity contribution in [1.29, 1.82) is 0 Å². The number of amides is 1. The van der Waals surface area contributed by atoms with E-state index in [1.54, 1.807) is 55.6 Å². The van der Waals surface area contributed by atoms with Crippen LogP contribution in [0.15, 0.2) is 114 Å². The van der Waals surface area contributed by atoms with E-state index in [1.165, 1.54) is 12.1 Å². The van der Waals surface area contributed by atoms with Gasteiger partial charge in [0.1, 0.15) is 23.8 Å². The van der Waals surface area contributed by atoms with Gasteiger partial charge in [0.2, 0.25) is 5.91 Å². The Morgan fingerprint density at radius 1 is 0.778 bits per heavy atom. The molecule has 1 amide bonds. The van der Waals surface area contributed by atoms with Crippen molar-refractivity contribution >= 4 is 21.6 Å². The zero-order valence-electron chi connectivity index (χ0n) is 19.7. The predicted octanol–water partition coefficient (Wildman–Crippen LogP) is 5.00. The number of methoxy groups -OCH3 is 1. The van der Waals surface area contributed by atoms with Gasteiger partial charge in [0.05, 0.1) is 17.7 Å². The number of sulfonamides is 1. The van der Waals surface area contributed by atoms with Crippen molar-refractivity contribution in [3.05, 3.63) is 115 Å². The van der Waals surface area contributed by atoms with Crippen molar-refractivity contribution in [2.45, 2.75) is 11.4 Å². The van der Waals surface area contributed by atoms with Crippen LogP contribution >= 0.6 is 0 Å². The Bertz CT molecular complexity index is 1390. The molecule has 0 saturated heterocycles. The number of ether oxygens (including phenoxy) is 2. The number of anilines is 1. The van der Waals surface area contributed by atoms with Gasteiger partial charge in [0.15, 0.2) is 0 Å². The third kappa shape index (κ3) is 6.03. The van der Waals surface area contributed by atoms with E-state index in [0.29, 0.717) is 22.9 Å². The van der Waals surface area contributed by atoms with E-state index in [-0.39, 0.29) is 11.4 Å². The van der Waals surface area contributed by atoms with E-state index >= 15 is 0 Å². The second-order valence-corrected chi connectivity index (χ2v) is 9.68. The molecule has 0 saturated carbocycles. The normalized spacial score (nSPS) is 10.9. The van der Waals surface area contributed by atoms with Crippen LogP contribution in [0, 0.1) is 0 Å². The molecule has 184 valence electrons. The van der Waals surface area contributed by atoms with Crippen LogP contribution < -0.4 is 19.1 Å². The van der Waals surface area contributed by atoms with Crippen LogP contribution in [-0.4, -0.2) is 28.0 Å². The minimum Gasteiger partial charge on any atom is -0.496 e. The summed E-state index contributed by atoms with van der Waals surface area (Å²) in [6.07, 6.45) is 0. The molecule has 7 nitrogen and oxygen atoms in total. The van der Waals surface area contributed by atoms with Gasteiger partial charge >= 0.3 is 0 Å². The molecule has 0 heterocycles. The van der Waals surface area contributed by atoms with Crippen LogP contribution in [0.1, 0.15) is 5.56 Å². The van der Waals surface area contributed by atoms with Crippen LogP contribution in [0.5, 0.6) is 17.2 Å². The number of nitrogens with one attached hydrogen (secondary N) is 1. The Morgan fingerprint density at radius 2 is 1.36 bits per heavy atom. The highest BCUT2D eigenvalue weighted by molar-refractivity contribution is 7.92. The van der Waals surface area contributed by atoms with E-state index in [4.69, 9.17) is 9.47 Å². The van der Waals surface area contributed by atoms with Crippen molar-refractivity contribution in [2.75, 3.05) is 18.0 Å². The van der Waals surface area contributed by atoms with E-state index < -0.39 is 22.5 Å². The summed E-state index contributed by atoms with van der Waals surface area (Å²) in [7, 11) is -2.45. The fourth-order valence-corrected chi connectivity index (χ4v) is 5.01. The average Bonchev–Trinajstić information content (AvgIpc) is 2.92. The number of carbonyl (C=O) groups is 1. The zero-order chi connectivity index (χ0) is 25.4. The second-order valence-electron chi connectivity index (χ2n) is 7.82. The maximum absolute atomic E-state index is 13.5. The fourth-order valence-electron chi connectivity index (χ4n) is 3.57.